The summed E-state index contributed by atoms with van der Waals surface area (Å²) >= 11 is 0. The van der Waals surface area contributed by atoms with Crippen LogP contribution >= 0.6 is 0 Å². The molecular weight excluding hydrogens is 390 g/mol. The fourth-order valence-electron chi connectivity index (χ4n) is 3.56. The Morgan fingerprint density at radius 1 is 1.13 bits per heavy atom. The summed E-state index contributed by atoms with van der Waals surface area (Å²) in [5, 5.41) is 13.1. The number of benzene rings is 2. The molecule has 0 spiro atoms. The first-order valence-electron chi connectivity index (χ1n) is 10.8. The van der Waals surface area contributed by atoms with Crippen molar-refractivity contribution in [1.82, 2.24) is 15.3 Å². The van der Waals surface area contributed by atoms with Crippen molar-refractivity contribution >= 4 is 0 Å². The Balaban J connectivity index is 1.44. The molecule has 1 aromatic heterocycles. The highest BCUT2D eigenvalue weighted by atomic mass is 16.5. The zero-order valence-electron chi connectivity index (χ0n) is 18.0. The molecule has 0 amide bonds. The van der Waals surface area contributed by atoms with E-state index in [0.29, 0.717) is 30.1 Å². The second kappa shape index (κ2) is 9.90. The molecule has 0 aliphatic carbocycles. The van der Waals surface area contributed by atoms with Crippen LogP contribution in [0.2, 0.25) is 0 Å². The zero-order valence-corrected chi connectivity index (χ0v) is 18.0. The molecule has 0 radical (unpaired) electrons. The fraction of sp³-hybridized carbons (Fsp3) is 0.360. The van der Waals surface area contributed by atoms with Gasteiger partial charge >= 0.3 is 0 Å². The summed E-state index contributed by atoms with van der Waals surface area (Å²) in [6.45, 7) is 5.63. The van der Waals surface area contributed by atoms with Crippen LogP contribution in [0.5, 0.6) is 17.4 Å². The van der Waals surface area contributed by atoms with Crippen LogP contribution in [0.15, 0.2) is 60.8 Å². The third-order valence-electron chi connectivity index (χ3n) is 5.54. The van der Waals surface area contributed by atoms with E-state index >= 15 is 0 Å². The van der Waals surface area contributed by atoms with Crippen LogP contribution in [-0.2, 0) is 6.42 Å². The summed E-state index contributed by atoms with van der Waals surface area (Å²) in [7, 11) is 0. The molecule has 1 saturated heterocycles. The smallest absolute Gasteiger partial charge is 0.222 e. The first-order chi connectivity index (χ1) is 15.1. The van der Waals surface area contributed by atoms with Gasteiger partial charge in [0.1, 0.15) is 24.2 Å². The van der Waals surface area contributed by atoms with E-state index < -0.39 is 6.10 Å². The number of aliphatic hydroxyl groups excluding tert-OH is 1. The Morgan fingerprint density at radius 3 is 2.74 bits per heavy atom. The highest BCUT2D eigenvalue weighted by molar-refractivity contribution is 5.37. The van der Waals surface area contributed by atoms with Gasteiger partial charge in [-0.2, -0.15) is 4.98 Å². The van der Waals surface area contributed by atoms with Crippen LogP contribution in [0, 0.1) is 0 Å². The normalized spacial score (nSPS) is 17.5. The van der Waals surface area contributed by atoms with E-state index in [4.69, 9.17) is 9.47 Å². The van der Waals surface area contributed by atoms with Crippen molar-refractivity contribution in [2.24, 2.45) is 0 Å². The van der Waals surface area contributed by atoms with Gasteiger partial charge in [0.2, 0.25) is 5.88 Å². The molecule has 2 heterocycles. The van der Waals surface area contributed by atoms with Crippen LogP contribution in [0.4, 0.5) is 0 Å². The standard InChI is InChI=1S/C25H29N3O3/c1-17(14-20-6-3-4-9-23(20)30-16-21-10-12-26-21)19-7-5-8-22(15-19)31-24-11-13-27-25(28-24)18(2)29/h3-9,11,13,15,17-18,21,26,29H,10,12,14,16H2,1-2H3/t17?,18?,21-/m0/s1. The van der Waals surface area contributed by atoms with Crippen molar-refractivity contribution in [3.63, 3.8) is 0 Å². The number of aliphatic hydroxyl groups is 1. The van der Waals surface area contributed by atoms with E-state index in [2.05, 4.69) is 46.5 Å². The Morgan fingerprint density at radius 2 is 1.97 bits per heavy atom. The van der Waals surface area contributed by atoms with E-state index in [-0.39, 0.29) is 5.92 Å². The number of aromatic nitrogens is 2. The molecular formula is C25H29N3O3. The molecule has 2 unspecified atom stereocenters. The zero-order chi connectivity index (χ0) is 21.6. The van der Waals surface area contributed by atoms with Gasteiger partial charge in [0.25, 0.3) is 0 Å². The molecule has 3 atom stereocenters. The molecule has 3 aromatic rings. The summed E-state index contributed by atoms with van der Waals surface area (Å²) in [6.07, 6.45) is 2.90. The van der Waals surface area contributed by atoms with E-state index in [1.807, 2.05) is 24.3 Å². The number of ether oxygens (including phenoxy) is 2. The lowest BCUT2D eigenvalue weighted by molar-refractivity contribution is 0.187. The summed E-state index contributed by atoms with van der Waals surface area (Å²) in [5.41, 5.74) is 2.38. The van der Waals surface area contributed by atoms with Crippen LogP contribution < -0.4 is 14.8 Å². The number of hydrogen-bond donors (Lipinski definition) is 2. The SMILES string of the molecule is CC(O)c1nccc(Oc2cccc(C(C)Cc3ccccc3OC[C@@H]3CCN3)c2)n1. The molecule has 6 heteroatoms. The average Bonchev–Trinajstić information content (AvgIpc) is 2.74. The number of rotatable bonds is 9. The van der Waals surface area contributed by atoms with Gasteiger partial charge in [0.15, 0.2) is 5.82 Å². The summed E-state index contributed by atoms with van der Waals surface area (Å²) < 4.78 is 12.0. The molecule has 1 aliphatic rings. The van der Waals surface area contributed by atoms with Crippen LogP contribution in [0.1, 0.15) is 49.2 Å². The van der Waals surface area contributed by atoms with Gasteiger partial charge in [-0.05, 0) is 61.6 Å². The first-order valence-corrected chi connectivity index (χ1v) is 10.8. The van der Waals surface area contributed by atoms with Crippen LogP contribution in [0.25, 0.3) is 0 Å². The molecule has 162 valence electrons. The first kappa shape index (κ1) is 21.3. The van der Waals surface area contributed by atoms with Crippen LogP contribution in [-0.4, -0.2) is 34.3 Å². The van der Waals surface area contributed by atoms with Gasteiger partial charge in [-0.3, -0.25) is 0 Å². The Labute approximate surface area is 183 Å². The van der Waals surface area contributed by atoms with E-state index in [1.165, 1.54) is 17.5 Å². The maximum absolute atomic E-state index is 9.69. The largest absolute Gasteiger partial charge is 0.492 e. The van der Waals surface area contributed by atoms with Crippen LogP contribution in [0.3, 0.4) is 0 Å². The lowest BCUT2D eigenvalue weighted by Crippen LogP contribution is -2.46. The van der Waals surface area contributed by atoms with Crippen molar-refractivity contribution < 1.29 is 14.6 Å². The molecule has 1 fully saturated rings. The summed E-state index contributed by atoms with van der Waals surface area (Å²) in [5.74, 6) is 2.71. The maximum atomic E-state index is 9.69. The third kappa shape index (κ3) is 5.60. The van der Waals surface area contributed by atoms with E-state index in [1.54, 1.807) is 19.2 Å². The predicted octanol–water partition coefficient (Wildman–Crippen LogP) is 4.41. The lowest BCUT2D eigenvalue weighted by Gasteiger charge is -2.28. The van der Waals surface area contributed by atoms with Crippen molar-refractivity contribution in [3.8, 4) is 17.4 Å². The second-order valence-corrected chi connectivity index (χ2v) is 8.07. The fourth-order valence-corrected chi connectivity index (χ4v) is 3.56. The maximum Gasteiger partial charge on any atom is 0.222 e. The number of para-hydroxylation sites is 1. The van der Waals surface area contributed by atoms with Gasteiger partial charge in [-0.15, -0.1) is 0 Å². The van der Waals surface area contributed by atoms with Crippen molar-refractivity contribution in [2.75, 3.05) is 13.2 Å². The minimum Gasteiger partial charge on any atom is -0.492 e. The summed E-state index contributed by atoms with van der Waals surface area (Å²) in [6, 6.07) is 18.5. The average molecular weight is 420 g/mol. The summed E-state index contributed by atoms with van der Waals surface area (Å²) in [4.78, 5) is 8.32. The molecule has 1 aliphatic heterocycles. The van der Waals surface area contributed by atoms with Crippen molar-refractivity contribution in [1.29, 1.82) is 0 Å². The molecule has 0 bridgehead atoms. The van der Waals surface area contributed by atoms with Gasteiger partial charge in [-0.1, -0.05) is 37.3 Å². The predicted molar refractivity (Wildman–Crippen MR) is 120 cm³/mol. The van der Waals surface area contributed by atoms with Gasteiger partial charge in [-0.25, -0.2) is 4.98 Å². The molecule has 4 rings (SSSR count). The number of hydrogen-bond acceptors (Lipinski definition) is 6. The lowest BCUT2D eigenvalue weighted by atomic mass is 9.93. The molecule has 2 aromatic carbocycles. The van der Waals surface area contributed by atoms with Gasteiger partial charge < -0.3 is 19.9 Å². The Hall–Kier alpha value is -2.96. The third-order valence-corrected chi connectivity index (χ3v) is 5.54. The molecule has 0 saturated carbocycles. The minimum absolute atomic E-state index is 0.286. The minimum atomic E-state index is -0.739. The Kier molecular flexibility index (Phi) is 6.79. The van der Waals surface area contributed by atoms with E-state index in [0.717, 1.165) is 18.7 Å². The monoisotopic (exact) mass is 419 g/mol. The number of nitrogens with one attached hydrogen (secondary N) is 1. The van der Waals surface area contributed by atoms with Crippen molar-refractivity contribution in [3.05, 3.63) is 77.7 Å². The van der Waals surface area contributed by atoms with Crippen molar-refractivity contribution in [2.45, 2.75) is 44.8 Å². The molecule has 2 N–H and O–H groups in total. The highest BCUT2D eigenvalue weighted by Gasteiger charge is 2.18. The molecule has 31 heavy (non-hydrogen) atoms. The quantitative estimate of drug-likeness (QED) is 0.535. The number of nitrogens with zero attached hydrogens (tertiary/aromatic N) is 2. The highest BCUT2D eigenvalue weighted by Crippen LogP contribution is 2.29. The van der Waals surface area contributed by atoms with E-state index in [9.17, 15) is 5.11 Å². The van der Waals surface area contributed by atoms with Gasteiger partial charge in [0, 0.05) is 18.3 Å². The Bertz CT molecular complexity index is 1000. The second-order valence-electron chi connectivity index (χ2n) is 8.07. The molecule has 6 nitrogen and oxygen atoms in total. The topological polar surface area (TPSA) is 76.5 Å². The van der Waals surface area contributed by atoms with Gasteiger partial charge in [0.05, 0.1) is 0 Å².